The summed E-state index contributed by atoms with van der Waals surface area (Å²) in [6.07, 6.45) is 5.20. The van der Waals surface area contributed by atoms with E-state index in [0.717, 1.165) is 58.4 Å². The van der Waals surface area contributed by atoms with Gasteiger partial charge in [0.05, 0.1) is 13.2 Å². The van der Waals surface area contributed by atoms with Gasteiger partial charge in [-0.1, -0.05) is 6.92 Å². The van der Waals surface area contributed by atoms with Gasteiger partial charge in [0.25, 0.3) is 0 Å². The topological polar surface area (TPSA) is 44.7 Å². The maximum Gasteiger partial charge on any atom is 0.225 e. The van der Waals surface area contributed by atoms with E-state index in [1.54, 1.807) is 0 Å². The summed E-state index contributed by atoms with van der Waals surface area (Å²) < 4.78 is 5.38. The van der Waals surface area contributed by atoms with Crippen molar-refractivity contribution in [2.24, 2.45) is 0 Å². The highest BCUT2D eigenvalue weighted by molar-refractivity contribution is 5.30. The summed E-state index contributed by atoms with van der Waals surface area (Å²) in [5, 5.41) is 0. The number of hydrogen-bond donors (Lipinski definition) is 0. The zero-order valence-electron chi connectivity index (χ0n) is 15.3. The van der Waals surface area contributed by atoms with Gasteiger partial charge in [-0.05, 0) is 20.3 Å². The predicted octanol–water partition coefficient (Wildman–Crippen LogP) is 1.62. The molecule has 3 heterocycles. The minimum atomic E-state index is 0.633. The molecule has 1 atom stereocenters. The largest absolute Gasteiger partial charge is 0.378 e. The molecule has 2 aliphatic rings. The molecule has 0 N–H and O–H groups in total. The maximum atomic E-state index is 5.38. The maximum absolute atomic E-state index is 5.38. The summed E-state index contributed by atoms with van der Waals surface area (Å²) in [5.41, 5.74) is 1.21. The van der Waals surface area contributed by atoms with Crippen LogP contribution in [0.3, 0.4) is 0 Å². The highest BCUT2D eigenvalue weighted by atomic mass is 16.5. The summed E-state index contributed by atoms with van der Waals surface area (Å²) in [7, 11) is 0. The minimum Gasteiger partial charge on any atom is -0.378 e. The molecular formula is C18H31N5O. The fourth-order valence-corrected chi connectivity index (χ4v) is 3.74. The van der Waals surface area contributed by atoms with Crippen molar-refractivity contribution in [2.75, 3.05) is 50.8 Å². The molecule has 3 rings (SSSR count). The molecule has 2 aliphatic heterocycles. The molecule has 6 heteroatoms. The van der Waals surface area contributed by atoms with Crippen molar-refractivity contribution < 1.29 is 4.74 Å². The number of morpholine rings is 1. The summed E-state index contributed by atoms with van der Waals surface area (Å²) in [4.78, 5) is 16.5. The Hall–Kier alpha value is -1.24. The highest BCUT2D eigenvalue weighted by Gasteiger charge is 2.27. The van der Waals surface area contributed by atoms with E-state index in [-0.39, 0.29) is 0 Å². The highest BCUT2D eigenvalue weighted by Crippen LogP contribution is 2.18. The van der Waals surface area contributed by atoms with Gasteiger partial charge in [-0.3, -0.25) is 9.80 Å². The zero-order chi connectivity index (χ0) is 16.9. The number of piperazine rings is 1. The number of nitrogens with zero attached hydrogens (tertiary/aromatic N) is 5. The Morgan fingerprint density at radius 1 is 1.12 bits per heavy atom. The SMILES string of the molecule is CC[C@@H]1CN(Cc2cnc(N3CCOCC3)nc2)CCN1C(C)C. The molecule has 0 amide bonds. The third-order valence-electron chi connectivity index (χ3n) is 5.14. The molecule has 1 aromatic rings. The van der Waals surface area contributed by atoms with Gasteiger partial charge in [0, 0.05) is 69.3 Å². The smallest absolute Gasteiger partial charge is 0.225 e. The Kier molecular flexibility index (Phi) is 6.03. The van der Waals surface area contributed by atoms with Crippen molar-refractivity contribution in [3.63, 3.8) is 0 Å². The van der Waals surface area contributed by atoms with E-state index in [1.807, 2.05) is 12.4 Å². The van der Waals surface area contributed by atoms with Crippen LogP contribution in [0.25, 0.3) is 0 Å². The van der Waals surface area contributed by atoms with Crippen molar-refractivity contribution in [3.8, 4) is 0 Å². The molecule has 0 bridgehead atoms. The first kappa shape index (κ1) is 17.6. The molecule has 2 fully saturated rings. The second-order valence-electron chi connectivity index (χ2n) is 7.12. The van der Waals surface area contributed by atoms with Gasteiger partial charge in [0.1, 0.15) is 0 Å². The van der Waals surface area contributed by atoms with E-state index in [0.29, 0.717) is 12.1 Å². The third-order valence-corrected chi connectivity index (χ3v) is 5.14. The average Bonchev–Trinajstić information content (AvgIpc) is 2.63. The van der Waals surface area contributed by atoms with Gasteiger partial charge < -0.3 is 9.64 Å². The van der Waals surface area contributed by atoms with Crippen LogP contribution in [0.5, 0.6) is 0 Å². The average molecular weight is 333 g/mol. The first-order chi connectivity index (χ1) is 11.7. The first-order valence-electron chi connectivity index (χ1n) is 9.29. The molecule has 0 spiro atoms. The summed E-state index contributed by atoms with van der Waals surface area (Å²) >= 11 is 0. The Morgan fingerprint density at radius 3 is 2.46 bits per heavy atom. The van der Waals surface area contributed by atoms with Crippen LogP contribution >= 0.6 is 0 Å². The second kappa shape index (κ2) is 8.23. The molecule has 0 aliphatic carbocycles. The summed E-state index contributed by atoms with van der Waals surface area (Å²) in [6.45, 7) is 14.6. The standard InChI is InChI=1S/C18H31N5O/c1-4-17-14-21(5-6-23(17)15(2)3)13-16-11-19-18(20-12-16)22-7-9-24-10-8-22/h11-12,15,17H,4-10,13-14H2,1-3H3/t17-/m1/s1. The molecule has 0 radical (unpaired) electrons. The van der Waals surface area contributed by atoms with Crippen molar-refractivity contribution in [1.82, 2.24) is 19.8 Å². The molecule has 0 unspecified atom stereocenters. The van der Waals surface area contributed by atoms with E-state index < -0.39 is 0 Å². The molecular weight excluding hydrogens is 302 g/mol. The molecule has 24 heavy (non-hydrogen) atoms. The van der Waals surface area contributed by atoms with E-state index >= 15 is 0 Å². The lowest BCUT2D eigenvalue weighted by Gasteiger charge is -2.43. The van der Waals surface area contributed by atoms with Gasteiger partial charge in [-0.15, -0.1) is 0 Å². The van der Waals surface area contributed by atoms with Crippen molar-refractivity contribution >= 4 is 5.95 Å². The lowest BCUT2D eigenvalue weighted by Crippen LogP contribution is -2.54. The van der Waals surface area contributed by atoms with Crippen molar-refractivity contribution in [2.45, 2.75) is 45.8 Å². The predicted molar refractivity (Wildman–Crippen MR) is 96.3 cm³/mol. The Morgan fingerprint density at radius 2 is 1.83 bits per heavy atom. The molecule has 2 saturated heterocycles. The van der Waals surface area contributed by atoms with Crippen LogP contribution < -0.4 is 4.90 Å². The van der Waals surface area contributed by atoms with Gasteiger partial charge in [0.15, 0.2) is 0 Å². The van der Waals surface area contributed by atoms with Crippen LogP contribution in [0, 0.1) is 0 Å². The van der Waals surface area contributed by atoms with E-state index in [9.17, 15) is 0 Å². The zero-order valence-corrected chi connectivity index (χ0v) is 15.3. The summed E-state index contributed by atoms with van der Waals surface area (Å²) in [5.74, 6) is 0.832. The van der Waals surface area contributed by atoms with Crippen LogP contribution in [0.4, 0.5) is 5.95 Å². The van der Waals surface area contributed by atoms with Crippen molar-refractivity contribution in [3.05, 3.63) is 18.0 Å². The first-order valence-corrected chi connectivity index (χ1v) is 9.29. The van der Waals surface area contributed by atoms with Crippen LogP contribution in [0.2, 0.25) is 0 Å². The van der Waals surface area contributed by atoms with Crippen molar-refractivity contribution in [1.29, 1.82) is 0 Å². The lowest BCUT2D eigenvalue weighted by atomic mass is 10.1. The van der Waals surface area contributed by atoms with Gasteiger partial charge >= 0.3 is 0 Å². The molecule has 1 aromatic heterocycles. The van der Waals surface area contributed by atoms with E-state index in [4.69, 9.17) is 4.74 Å². The summed E-state index contributed by atoms with van der Waals surface area (Å²) in [6, 6.07) is 1.29. The normalized spacial score (nSPS) is 23.8. The Labute approximate surface area is 145 Å². The second-order valence-corrected chi connectivity index (χ2v) is 7.12. The fraction of sp³-hybridized carbons (Fsp3) is 0.778. The minimum absolute atomic E-state index is 0.633. The molecule has 6 nitrogen and oxygen atoms in total. The van der Waals surface area contributed by atoms with Crippen LogP contribution in [0.1, 0.15) is 32.8 Å². The molecule has 0 saturated carbocycles. The molecule has 134 valence electrons. The van der Waals surface area contributed by atoms with Gasteiger partial charge in [-0.25, -0.2) is 9.97 Å². The monoisotopic (exact) mass is 333 g/mol. The van der Waals surface area contributed by atoms with Gasteiger partial charge in [-0.2, -0.15) is 0 Å². The Balaban J connectivity index is 1.56. The van der Waals surface area contributed by atoms with E-state index in [1.165, 1.54) is 12.0 Å². The fourth-order valence-electron chi connectivity index (χ4n) is 3.74. The van der Waals surface area contributed by atoms with Crippen LogP contribution in [-0.2, 0) is 11.3 Å². The quantitative estimate of drug-likeness (QED) is 0.816. The number of hydrogen-bond acceptors (Lipinski definition) is 6. The van der Waals surface area contributed by atoms with E-state index in [2.05, 4.69) is 45.4 Å². The number of rotatable bonds is 5. The number of anilines is 1. The lowest BCUT2D eigenvalue weighted by molar-refractivity contribution is 0.0456. The third kappa shape index (κ3) is 4.23. The van der Waals surface area contributed by atoms with Gasteiger partial charge in [0.2, 0.25) is 5.95 Å². The number of aromatic nitrogens is 2. The van der Waals surface area contributed by atoms with Crippen LogP contribution in [-0.4, -0.2) is 77.8 Å². The number of ether oxygens (including phenoxy) is 1. The van der Waals surface area contributed by atoms with Crippen LogP contribution in [0.15, 0.2) is 12.4 Å². The Bertz CT molecular complexity index is 501. The molecule has 0 aromatic carbocycles.